The van der Waals surface area contributed by atoms with Gasteiger partial charge >= 0.3 is 0 Å². The van der Waals surface area contributed by atoms with Gasteiger partial charge < -0.3 is 10.1 Å². The van der Waals surface area contributed by atoms with Gasteiger partial charge in [-0.3, -0.25) is 4.79 Å². The van der Waals surface area contributed by atoms with Gasteiger partial charge in [-0.05, 0) is 35.9 Å². The zero-order valence-corrected chi connectivity index (χ0v) is 15.5. The first kappa shape index (κ1) is 18.8. The van der Waals surface area contributed by atoms with Crippen LogP contribution >= 0.6 is 23.2 Å². The van der Waals surface area contributed by atoms with Crippen molar-refractivity contribution < 1.29 is 9.53 Å². The second kappa shape index (κ2) is 8.58. The number of aromatic nitrogens is 2. The Hall–Kier alpha value is -3.01. The second-order valence-electron chi connectivity index (χ2n) is 5.55. The lowest BCUT2D eigenvalue weighted by atomic mass is 10.2. The molecule has 0 bridgehead atoms. The Kier molecular flexibility index (Phi) is 5.97. The number of nitrogens with one attached hydrogen (secondary N) is 1. The highest BCUT2D eigenvalue weighted by atomic mass is 35.5. The van der Waals surface area contributed by atoms with Crippen LogP contribution in [-0.2, 0) is 6.54 Å². The second-order valence-corrected chi connectivity index (χ2v) is 6.39. The molecule has 3 rings (SSSR count). The van der Waals surface area contributed by atoms with Crippen molar-refractivity contribution in [1.29, 1.82) is 5.26 Å². The van der Waals surface area contributed by atoms with Crippen molar-refractivity contribution >= 4 is 29.1 Å². The molecule has 0 aliphatic rings. The first-order valence-corrected chi connectivity index (χ1v) is 8.69. The van der Waals surface area contributed by atoms with E-state index < -0.39 is 0 Å². The Morgan fingerprint density at radius 1 is 1.26 bits per heavy atom. The van der Waals surface area contributed by atoms with Crippen LogP contribution in [0.15, 0.2) is 54.9 Å². The summed E-state index contributed by atoms with van der Waals surface area (Å²) in [5.41, 5.74) is 1.88. The third-order valence-corrected chi connectivity index (χ3v) is 4.19. The van der Waals surface area contributed by atoms with Crippen LogP contribution in [0.4, 0.5) is 0 Å². The van der Waals surface area contributed by atoms with Crippen molar-refractivity contribution in [3.8, 4) is 17.5 Å². The van der Waals surface area contributed by atoms with Crippen LogP contribution < -0.4 is 10.1 Å². The number of carbonyl (C=O) groups excluding carboxylic acids is 1. The van der Waals surface area contributed by atoms with E-state index in [-0.39, 0.29) is 12.5 Å². The van der Waals surface area contributed by atoms with Crippen molar-refractivity contribution in [1.82, 2.24) is 15.1 Å². The van der Waals surface area contributed by atoms with Crippen molar-refractivity contribution in [2.45, 2.75) is 6.54 Å². The maximum atomic E-state index is 12.4. The summed E-state index contributed by atoms with van der Waals surface area (Å²) in [7, 11) is 0. The normalized spacial score (nSPS) is 10.3. The molecular weight excluding hydrogens is 387 g/mol. The Morgan fingerprint density at radius 3 is 2.89 bits per heavy atom. The van der Waals surface area contributed by atoms with Crippen LogP contribution in [0.25, 0.3) is 5.69 Å². The minimum absolute atomic E-state index is 0.0255. The smallest absolute Gasteiger partial charge is 0.254 e. The summed E-state index contributed by atoms with van der Waals surface area (Å²) >= 11 is 12.1. The fourth-order valence-corrected chi connectivity index (χ4v) is 2.88. The van der Waals surface area contributed by atoms with Crippen molar-refractivity contribution in [2.75, 3.05) is 6.61 Å². The lowest BCUT2D eigenvalue weighted by molar-refractivity contribution is 0.0951. The molecule has 1 amide bonds. The zero-order valence-electron chi connectivity index (χ0n) is 14.0. The minimum atomic E-state index is -0.269. The average Bonchev–Trinajstić information content (AvgIpc) is 3.14. The number of carbonyl (C=O) groups is 1. The fourth-order valence-electron chi connectivity index (χ4n) is 2.38. The van der Waals surface area contributed by atoms with E-state index in [2.05, 4.69) is 10.4 Å². The molecule has 0 unspecified atom stereocenters. The van der Waals surface area contributed by atoms with E-state index in [9.17, 15) is 4.79 Å². The summed E-state index contributed by atoms with van der Waals surface area (Å²) in [6, 6.07) is 14.1. The molecule has 136 valence electrons. The van der Waals surface area contributed by atoms with Crippen LogP contribution in [0.3, 0.4) is 0 Å². The topological polar surface area (TPSA) is 79.9 Å². The van der Waals surface area contributed by atoms with Crippen LogP contribution in [0, 0.1) is 11.3 Å². The molecule has 6 nitrogen and oxygen atoms in total. The van der Waals surface area contributed by atoms with Gasteiger partial charge in [-0.2, -0.15) is 10.4 Å². The Labute approximate surface area is 165 Å². The van der Waals surface area contributed by atoms with Crippen molar-refractivity contribution in [3.63, 3.8) is 0 Å². The lowest BCUT2D eigenvalue weighted by Crippen LogP contribution is -2.22. The van der Waals surface area contributed by atoms with Crippen molar-refractivity contribution in [3.05, 3.63) is 76.0 Å². The molecular formula is C19H14Cl2N4O2. The molecule has 0 fully saturated rings. The summed E-state index contributed by atoms with van der Waals surface area (Å²) in [5.74, 6) is 0.309. The summed E-state index contributed by atoms with van der Waals surface area (Å²) in [4.78, 5) is 12.4. The molecule has 1 N–H and O–H groups in total. The predicted octanol–water partition coefficient (Wildman–Crippen LogP) is 4.01. The Balaban J connectivity index is 1.66. The minimum Gasteiger partial charge on any atom is -0.479 e. The third kappa shape index (κ3) is 4.79. The van der Waals surface area contributed by atoms with E-state index in [4.69, 9.17) is 33.2 Å². The summed E-state index contributed by atoms with van der Waals surface area (Å²) < 4.78 is 6.77. The number of halogens is 2. The number of nitriles is 1. The van der Waals surface area contributed by atoms with E-state index in [1.165, 1.54) is 10.9 Å². The fraction of sp³-hybridized carbons (Fsp3) is 0.105. The van der Waals surface area contributed by atoms with E-state index in [1.54, 1.807) is 42.6 Å². The van der Waals surface area contributed by atoms with Crippen LogP contribution in [0.5, 0.6) is 5.75 Å². The molecule has 0 spiro atoms. The maximum Gasteiger partial charge on any atom is 0.254 e. The van der Waals surface area contributed by atoms with Gasteiger partial charge in [-0.1, -0.05) is 35.3 Å². The van der Waals surface area contributed by atoms with Gasteiger partial charge in [0.2, 0.25) is 0 Å². The lowest BCUT2D eigenvalue weighted by Gasteiger charge is -2.07. The summed E-state index contributed by atoms with van der Waals surface area (Å²) in [6.07, 6.45) is 3.06. The quantitative estimate of drug-likeness (QED) is 0.677. The largest absolute Gasteiger partial charge is 0.479 e. The van der Waals surface area contributed by atoms with Gasteiger partial charge in [-0.25, -0.2) is 4.68 Å². The van der Waals surface area contributed by atoms with Crippen molar-refractivity contribution in [2.24, 2.45) is 0 Å². The number of hydrogen-bond acceptors (Lipinski definition) is 4. The molecule has 0 saturated heterocycles. The summed E-state index contributed by atoms with van der Waals surface area (Å²) in [6.45, 7) is 0.289. The SMILES string of the molecule is N#CCOc1cccc(CNC(=O)c2cnn(-c3ccc(Cl)cc3Cl)c2)c1. The Bertz CT molecular complexity index is 1010. The van der Waals surface area contributed by atoms with Gasteiger partial charge in [0.1, 0.15) is 11.8 Å². The highest BCUT2D eigenvalue weighted by molar-refractivity contribution is 6.35. The van der Waals surface area contributed by atoms with E-state index in [0.29, 0.717) is 33.6 Å². The van der Waals surface area contributed by atoms with Gasteiger partial charge in [0, 0.05) is 17.8 Å². The maximum absolute atomic E-state index is 12.4. The molecule has 27 heavy (non-hydrogen) atoms. The molecule has 1 aromatic heterocycles. The molecule has 0 aliphatic carbocycles. The number of ether oxygens (including phenoxy) is 1. The average molecular weight is 401 g/mol. The monoisotopic (exact) mass is 400 g/mol. The first-order valence-electron chi connectivity index (χ1n) is 7.94. The van der Waals surface area contributed by atoms with E-state index in [1.807, 2.05) is 12.1 Å². The van der Waals surface area contributed by atoms with Gasteiger partial charge in [0.15, 0.2) is 6.61 Å². The molecule has 0 aliphatic heterocycles. The van der Waals surface area contributed by atoms with Crippen LogP contribution in [0.2, 0.25) is 10.0 Å². The highest BCUT2D eigenvalue weighted by Crippen LogP contribution is 2.24. The molecule has 8 heteroatoms. The van der Waals surface area contributed by atoms with Crippen LogP contribution in [-0.4, -0.2) is 22.3 Å². The standard InChI is InChI=1S/C19H14Cl2N4O2/c20-15-4-5-18(17(21)9-15)25-12-14(11-24-25)19(26)23-10-13-2-1-3-16(8-13)27-7-6-22/h1-5,8-9,11-12H,7,10H2,(H,23,26). The van der Waals surface area contributed by atoms with Gasteiger partial charge in [-0.15, -0.1) is 0 Å². The number of hydrogen-bond donors (Lipinski definition) is 1. The number of amides is 1. The van der Waals surface area contributed by atoms with Gasteiger partial charge in [0.25, 0.3) is 5.91 Å². The molecule has 1 heterocycles. The summed E-state index contributed by atoms with van der Waals surface area (Å²) in [5, 5.41) is 16.5. The first-order chi connectivity index (χ1) is 13.1. The van der Waals surface area contributed by atoms with Crippen LogP contribution in [0.1, 0.15) is 15.9 Å². The Morgan fingerprint density at radius 2 is 2.11 bits per heavy atom. The molecule has 0 saturated carbocycles. The van der Waals surface area contributed by atoms with E-state index >= 15 is 0 Å². The highest BCUT2D eigenvalue weighted by Gasteiger charge is 2.11. The number of benzene rings is 2. The number of rotatable bonds is 6. The predicted molar refractivity (Wildman–Crippen MR) is 102 cm³/mol. The molecule has 3 aromatic rings. The van der Waals surface area contributed by atoms with Gasteiger partial charge in [0.05, 0.1) is 22.5 Å². The molecule has 2 aromatic carbocycles. The molecule has 0 radical (unpaired) electrons. The zero-order chi connectivity index (χ0) is 19.2. The molecule has 0 atom stereocenters. The van der Waals surface area contributed by atoms with E-state index in [0.717, 1.165) is 5.56 Å². The number of nitrogens with zero attached hydrogens (tertiary/aromatic N) is 3. The third-order valence-electron chi connectivity index (χ3n) is 3.66.